The molecule has 0 aliphatic carbocycles. The van der Waals surface area contributed by atoms with E-state index in [4.69, 9.17) is 4.98 Å². The highest BCUT2D eigenvalue weighted by atomic mass is 15.3. The Bertz CT molecular complexity index is 1200. The first kappa shape index (κ1) is 15.5. The van der Waals surface area contributed by atoms with E-state index in [1.165, 1.54) is 0 Å². The third-order valence-corrected chi connectivity index (χ3v) is 4.57. The molecule has 0 aliphatic heterocycles. The van der Waals surface area contributed by atoms with Gasteiger partial charge in [0, 0.05) is 16.7 Å². The average molecular weight is 348 g/mol. The van der Waals surface area contributed by atoms with E-state index < -0.39 is 0 Å². The van der Waals surface area contributed by atoms with E-state index in [2.05, 4.69) is 38.9 Å². The zero-order valence-electron chi connectivity index (χ0n) is 14.5. The van der Waals surface area contributed by atoms with Gasteiger partial charge in [0.1, 0.15) is 0 Å². The number of hydrogen-bond acceptors (Lipinski definition) is 3. The van der Waals surface area contributed by atoms with Gasteiger partial charge in [0.05, 0.1) is 17.6 Å². The van der Waals surface area contributed by atoms with Crippen LogP contribution in [-0.4, -0.2) is 19.6 Å². The van der Waals surface area contributed by atoms with Crippen LogP contribution in [0.4, 0.5) is 0 Å². The van der Waals surface area contributed by atoms with Crippen molar-refractivity contribution in [1.82, 2.24) is 19.6 Å². The molecular weight excluding hydrogens is 332 g/mol. The van der Waals surface area contributed by atoms with Crippen LogP contribution in [0.3, 0.4) is 0 Å². The lowest BCUT2D eigenvalue weighted by Crippen LogP contribution is -2.00. The van der Waals surface area contributed by atoms with Crippen LogP contribution in [-0.2, 0) is 0 Å². The van der Waals surface area contributed by atoms with Gasteiger partial charge >= 0.3 is 0 Å². The SMILES string of the molecule is c1ccc(-c2ncc3nnc(-c4ccccc4)n3c2-c2ccccc2)cc1. The Hall–Kier alpha value is -3.79. The number of rotatable bonds is 3. The summed E-state index contributed by atoms with van der Waals surface area (Å²) in [7, 11) is 0. The lowest BCUT2D eigenvalue weighted by molar-refractivity contribution is 1.11. The molecule has 0 unspecified atom stereocenters. The molecule has 0 saturated carbocycles. The van der Waals surface area contributed by atoms with Crippen molar-refractivity contribution in [1.29, 1.82) is 0 Å². The fourth-order valence-electron chi connectivity index (χ4n) is 3.33. The monoisotopic (exact) mass is 348 g/mol. The molecule has 0 fully saturated rings. The lowest BCUT2D eigenvalue weighted by Gasteiger charge is -2.13. The summed E-state index contributed by atoms with van der Waals surface area (Å²) in [6, 6.07) is 30.6. The Morgan fingerprint density at radius 2 is 1.11 bits per heavy atom. The highest BCUT2D eigenvalue weighted by molar-refractivity contribution is 5.81. The summed E-state index contributed by atoms with van der Waals surface area (Å²) in [5.74, 6) is 0.809. The fourth-order valence-corrected chi connectivity index (χ4v) is 3.33. The molecule has 4 nitrogen and oxygen atoms in total. The van der Waals surface area contributed by atoms with Crippen LogP contribution in [0.5, 0.6) is 0 Å². The maximum atomic E-state index is 4.74. The Balaban J connectivity index is 1.89. The minimum absolute atomic E-state index is 0.729. The second-order valence-corrected chi connectivity index (χ2v) is 6.27. The van der Waals surface area contributed by atoms with Crippen molar-refractivity contribution in [3.63, 3.8) is 0 Å². The second kappa shape index (κ2) is 6.50. The molecule has 2 aromatic heterocycles. The third kappa shape index (κ3) is 2.68. The summed E-state index contributed by atoms with van der Waals surface area (Å²) in [4.78, 5) is 4.74. The predicted octanol–water partition coefficient (Wildman–Crippen LogP) is 5.13. The minimum Gasteiger partial charge on any atom is -0.271 e. The predicted molar refractivity (Wildman–Crippen MR) is 107 cm³/mol. The van der Waals surface area contributed by atoms with Gasteiger partial charge in [-0.2, -0.15) is 0 Å². The molecule has 0 saturated heterocycles. The molecule has 5 rings (SSSR count). The highest BCUT2D eigenvalue weighted by Crippen LogP contribution is 2.33. The van der Waals surface area contributed by atoms with Crippen LogP contribution < -0.4 is 0 Å². The standard InChI is InChI=1S/C23H16N4/c1-4-10-17(11-5-1)21-22(18-12-6-2-7-13-18)27-20(16-24-21)25-26-23(27)19-14-8-3-9-15-19/h1-16H. The second-order valence-electron chi connectivity index (χ2n) is 6.27. The molecular formula is C23H16N4. The summed E-state index contributed by atoms with van der Waals surface area (Å²) < 4.78 is 2.10. The fraction of sp³-hybridized carbons (Fsp3) is 0. The molecule has 4 heteroatoms. The average Bonchev–Trinajstić information content (AvgIpc) is 3.19. The Morgan fingerprint density at radius 3 is 1.74 bits per heavy atom. The molecule has 5 aromatic rings. The van der Waals surface area contributed by atoms with Gasteiger partial charge in [-0.3, -0.25) is 9.38 Å². The van der Waals surface area contributed by atoms with E-state index in [0.29, 0.717) is 0 Å². The smallest absolute Gasteiger partial charge is 0.180 e. The van der Waals surface area contributed by atoms with Crippen LogP contribution in [0, 0.1) is 0 Å². The molecule has 0 spiro atoms. The summed E-state index contributed by atoms with van der Waals surface area (Å²) in [6.07, 6.45) is 1.79. The quantitative estimate of drug-likeness (QED) is 0.454. The van der Waals surface area contributed by atoms with E-state index in [0.717, 1.165) is 39.5 Å². The third-order valence-electron chi connectivity index (χ3n) is 4.57. The number of benzene rings is 3. The van der Waals surface area contributed by atoms with E-state index in [1.54, 1.807) is 6.20 Å². The zero-order valence-corrected chi connectivity index (χ0v) is 14.5. The van der Waals surface area contributed by atoms with Gasteiger partial charge in [-0.1, -0.05) is 91.0 Å². The lowest BCUT2D eigenvalue weighted by atomic mass is 10.0. The molecule has 2 heterocycles. The van der Waals surface area contributed by atoms with Crippen molar-refractivity contribution < 1.29 is 0 Å². The molecule has 0 radical (unpaired) electrons. The van der Waals surface area contributed by atoms with E-state index in [9.17, 15) is 0 Å². The first-order chi connectivity index (χ1) is 13.4. The molecule has 27 heavy (non-hydrogen) atoms. The summed E-state index contributed by atoms with van der Waals surface area (Å²) in [5, 5.41) is 8.83. The maximum absolute atomic E-state index is 4.74. The van der Waals surface area contributed by atoms with Gasteiger partial charge in [0.25, 0.3) is 0 Å². The van der Waals surface area contributed by atoms with Gasteiger partial charge in [-0.15, -0.1) is 10.2 Å². The zero-order chi connectivity index (χ0) is 18.1. The van der Waals surface area contributed by atoms with Crippen LogP contribution in [0.1, 0.15) is 0 Å². The van der Waals surface area contributed by atoms with Gasteiger partial charge in [0.15, 0.2) is 11.5 Å². The van der Waals surface area contributed by atoms with E-state index in [1.807, 2.05) is 66.7 Å². The van der Waals surface area contributed by atoms with Gasteiger partial charge in [-0.25, -0.2) is 0 Å². The van der Waals surface area contributed by atoms with E-state index in [-0.39, 0.29) is 0 Å². The first-order valence-corrected chi connectivity index (χ1v) is 8.82. The van der Waals surface area contributed by atoms with Crippen LogP contribution >= 0.6 is 0 Å². The molecule has 128 valence electrons. The van der Waals surface area contributed by atoms with Crippen molar-refractivity contribution in [2.24, 2.45) is 0 Å². The maximum Gasteiger partial charge on any atom is 0.180 e. The van der Waals surface area contributed by atoms with Crippen molar-refractivity contribution >= 4 is 5.65 Å². The molecule has 3 aromatic carbocycles. The summed E-state index contributed by atoms with van der Waals surface area (Å²) >= 11 is 0. The summed E-state index contributed by atoms with van der Waals surface area (Å²) in [5.41, 5.74) is 5.78. The Morgan fingerprint density at radius 1 is 0.556 bits per heavy atom. The molecule has 0 aliphatic rings. The highest BCUT2D eigenvalue weighted by Gasteiger charge is 2.18. The van der Waals surface area contributed by atoms with Gasteiger partial charge in [-0.05, 0) is 0 Å². The van der Waals surface area contributed by atoms with Crippen molar-refractivity contribution in [2.75, 3.05) is 0 Å². The Kier molecular flexibility index (Phi) is 3.72. The molecule has 0 N–H and O–H groups in total. The van der Waals surface area contributed by atoms with Crippen molar-refractivity contribution in [2.45, 2.75) is 0 Å². The number of aromatic nitrogens is 4. The van der Waals surface area contributed by atoms with E-state index >= 15 is 0 Å². The Labute approximate surface area is 156 Å². The van der Waals surface area contributed by atoms with Gasteiger partial charge < -0.3 is 0 Å². The van der Waals surface area contributed by atoms with Crippen LogP contribution in [0.25, 0.3) is 39.5 Å². The van der Waals surface area contributed by atoms with Gasteiger partial charge in [0.2, 0.25) is 0 Å². The molecule has 0 amide bonds. The van der Waals surface area contributed by atoms with Crippen molar-refractivity contribution in [3.8, 4) is 33.9 Å². The minimum atomic E-state index is 0.729. The van der Waals surface area contributed by atoms with Crippen LogP contribution in [0.15, 0.2) is 97.2 Å². The molecule has 0 bridgehead atoms. The largest absolute Gasteiger partial charge is 0.271 e. The number of hydrogen-bond donors (Lipinski definition) is 0. The van der Waals surface area contributed by atoms with Crippen molar-refractivity contribution in [3.05, 3.63) is 97.2 Å². The number of nitrogens with zero attached hydrogens (tertiary/aromatic N) is 4. The first-order valence-electron chi connectivity index (χ1n) is 8.82. The van der Waals surface area contributed by atoms with Crippen LogP contribution in [0.2, 0.25) is 0 Å². The molecule has 0 atom stereocenters. The number of fused-ring (bicyclic) bond motifs is 1. The normalized spacial score (nSPS) is 11.0. The summed E-state index contributed by atoms with van der Waals surface area (Å²) in [6.45, 7) is 0. The topological polar surface area (TPSA) is 43.1 Å².